The number of furan rings is 2. The van der Waals surface area contributed by atoms with E-state index in [-0.39, 0.29) is 0 Å². The van der Waals surface area contributed by atoms with Gasteiger partial charge in [0.15, 0.2) is 0 Å². The SMILES string of the molecule is c1ccc(N(c2ccc3c(c2)c2c(-c4ccc5c(c4)oc4ccccc45)c4c(cc2n3-c2ccccc2)oc2ccccc24)c2cccc3c2-c2ccccc2C3(c2ccccc2)c2ccccc2)cc1. The highest BCUT2D eigenvalue weighted by molar-refractivity contribution is 6.28. The Morgan fingerprint density at radius 3 is 1.72 bits per heavy atom. The van der Waals surface area contributed by atoms with E-state index in [2.05, 4.69) is 258 Å². The Morgan fingerprint density at radius 2 is 0.958 bits per heavy atom. The normalized spacial score (nSPS) is 12.9. The summed E-state index contributed by atoms with van der Waals surface area (Å²) in [6, 6.07) is 92.3. The second-order valence-electron chi connectivity index (χ2n) is 18.7. The number of rotatable bonds is 7. The fraction of sp³-hybridized carbons (Fsp3) is 0.0149. The third kappa shape index (κ3) is 5.67. The van der Waals surface area contributed by atoms with E-state index in [0.717, 1.165) is 99.6 Å². The Morgan fingerprint density at radius 1 is 0.352 bits per heavy atom. The van der Waals surface area contributed by atoms with E-state index in [9.17, 15) is 0 Å². The van der Waals surface area contributed by atoms with Crippen LogP contribution in [0, 0.1) is 0 Å². The van der Waals surface area contributed by atoms with Crippen LogP contribution in [0.15, 0.2) is 264 Å². The average molecular weight is 907 g/mol. The van der Waals surface area contributed by atoms with Crippen LogP contribution in [0.4, 0.5) is 17.1 Å². The number of hydrogen-bond acceptors (Lipinski definition) is 3. The molecular weight excluding hydrogens is 865 g/mol. The molecule has 0 spiro atoms. The van der Waals surface area contributed by atoms with E-state index >= 15 is 0 Å². The van der Waals surface area contributed by atoms with Gasteiger partial charge >= 0.3 is 0 Å². The van der Waals surface area contributed by atoms with Gasteiger partial charge in [0.1, 0.15) is 22.3 Å². The van der Waals surface area contributed by atoms with Gasteiger partial charge in [0.25, 0.3) is 0 Å². The molecule has 0 N–H and O–H groups in total. The van der Waals surface area contributed by atoms with Gasteiger partial charge < -0.3 is 18.3 Å². The van der Waals surface area contributed by atoms with Crippen molar-refractivity contribution in [2.24, 2.45) is 0 Å². The van der Waals surface area contributed by atoms with Crippen molar-refractivity contribution in [1.29, 1.82) is 0 Å². The van der Waals surface area contributed by atoms with Crippen LogP contribution < -0.4 is 4.90 Å². The molecule has 4 nitrogen and oxygen atoms in total. The van der Waals surface area contributed by atoms with Gasteiger partial charge in [-0.15, -0.1) is 0 Å². The minimum absolute atomic E-state index is 0.547. The van der Waals surface area contributed by atoms with E-state index in [1.807, 2.05) is 6.07 Å². The largest absolute Gasteiger partial charge is 0.456 e. The van der Waals surface area contributed by atoms with E-state index < -0.39 is 5.41 Å². The monoisotopic (exact) mass is 906 g/mol. The molecule has 4 heteroatoms. The lowest BCUT2D eigenvalue weighted by atomic mass is 9.68. The topological polar surface area (TPSA) is 34.5 Å². The zero-order valence-electron chi connectivity index (χ0n) is 38.5. The summed E-state index contributed by atoms with van der Waals surface area (Å²) >= 11 is 0. The molecule has 332 valence electrons. The van der Waals surface area contributed by atoms with Crippen LogP contribution in [0.2, 0.25) is 0 Å². The number of aromatic nitrogens is 1. The van der Waals surface area contributed by atoms with Crippen molar-refractivity contribution in [3.05, 3.63) is 277 Å². The molecule has 0 fully saturated rings. The summed E-state index contributed by atoms with van der Waals surface area (Å²) in [7, 11) is 0. The zero-order valence-corrected chi connectivity index (χ0v) is 38.5. The summed E-state index contributed by atoms with van der Waals surface area (Å²) in [6.07, 6.45) is 0. The number of para-hydroxylation sites is 4. The van der Waals surface area contributed by atoms with Crippen LogP contribution in [-0.4, -0.2) is 4.57 Å². The molecule has 0 saturated heterocycles. The Labute approximate surface area is 409 Å². The Bertz CT molecular complexity index is 4360. The third-order valence-electron chi connectivity index (χ3n) is 15.0. The molecule has 15 rings (SSSR count). The fourth-order valence-electron chi connectivity index (χ4n) is 12.2. The molecule has 0 radical (unpaired) electrons. The fourth-order valence-corrected chi connectivity index (χ4v) is 12.2. The molecule has 0 amide bonds. The Kier molecular flexibility index (Phi) is 8.54. The van der Waals surface area contributed by atoms with Crippen molar-refractivity contribution in [1.82, 2.24) is 4.57 Å². The third-order valence-corrected chi connectivity index (χ3v) is 15.0. The predicted molar refractivity (Wildman–Crippen MR) is 293 cm³/mol. The second-order valence-corrected chi connectivity index (χ2v) is 18.7. The van der Waals surface area contributed by atoms with Crippen LogP contribution in [0.3, 0.4) is 0 Å². The highest BCUT2D eigenvalue weighted by Gasteiger charge is 2.47. The van der Waals surface area contributed by atoms with Crippen LogP contribution >= 0.6 is 0 Å². The molecule has 71 heavy (non-hydrogen) atoms. The summed E-state index contributed by atoms with van der Waals surface area (Å²) in [4.78, 5) is 2.47. The van der Waals surface area contributed by atoms with Gasteiger partial charge in [-0.05, 0) is 106 Å². The number of nitrogens with zero attached hydrogens (tertiary/aromatic N) is 2. The summed E-state index contributed by atoms with van der Waals surface area (Å²) in [5.74, 6) is 0. The maximum absolute atomic E-state index is 6.83. The molecule has 1 aliphatic rings. The van der Waals surface area contributed by atoms with Crippen molar-refractivity contribution >= 4 is 82.7 Å². The number of hydrogen-bond donors (Lipinski definition) is 0. The smallest absolute Gasteiger partial charge is 0.138 e. The quantitative estimate of drug-likeness (QED) is 0.160. The molecule has 11 aromatic carbocycles. The first-order valence-corrected chi connectivity index (χ1v) is 24.3. The molecule has 1 aliphatic carbocycles. The number of anilines is 3. The summed E-state index contributed by atoms with van der Waals surface area (Å²) in [5.41, 5.74) is 19.0. The van der Waals surface area contributed by atoms with Gasteiger partial charge in [-0.25, -0.2) is 0 Å². The maximum Gasteiger partial charge on any atom is 0.138 e. The lowest BCUT2D eigenvalue weighted by Crippen LogP contribution is -2.28. The molecule has 14 aromatic rings. The van der Waals surface area contributed by atoms with Crippen LogP contribution in [-0.2, 0) is 5.41 Å². The number of benzene rings is 11. The lowest BCUT2D eigenvalue weighted by molar-refractivity contribution is 0.668. The van der Waals surface area contributed by atoms with Gasteiger partial charge in [-0.1, -0.05) is 176 Å². The molecule has 0 unspecified atom stereocenters. The van der Waals surface area contributed by atoms with Gasteiger partial charge in [0.2, 0.25) is 0 Å². The van der Waals surface area contributed by atoms with Crippen molar-refractivity contribution in [2.45, 2.75) is 5.41 Å². The summed E-state index contributed by atoms with van der Waals surface area (Å²) < 4.78 is 15.8. The first-order valence-electron chi connectivity index (χ1n) is 24.3. The Hall–Kier alpha value is -9.38. The van der Waals surface area contributed by atoms with E-state index in [4.69, 9.17) is 8.83 Å². The van der Waals surface area contributed by atoms with Gasteiger partial charge in [-0.2, -0.15) is 0 Å². The first-order chi connectivity index (χ1) is 35.2. The van der Waals surface area contributed by atoms with Crippen molar-refractivity contribution in [2.75, 3.05) is 4.90 Å². The standard InChI is InChI=1S/C67H42N2O2/c1-5-20-44(21-6-1)67(45-22-7-2-8-23-45)54-31-16-13-29-51(54)64-55(67)32-19-33-57(64)68(46-24-9-3-10-25-46)48-37-39-56-53(41-48)65-58(69(56)47-26-11-4-12-27-47)42-62-66(52-30-15-18-35-60(52)71-62)63(65)43-36-38-50-49-28-14-17-34-59(49)70-61(50)40-43/h1-42H. The predicted octanol–water partition coefficient (Wildman–Crippen LogP) is 18.1. The lowest BCUT2D eigenvalue weighted by Gasteiger charge is -2.34. The first kappa shape index (κ1) is 39.6. The van der Waals surface area contributed by atoms with Crippen LogP contribution in [0.1, 0.15) is 22.3 Å². The highest BCUT2D eigenvalue weighted by Crippen LogP contribution is 2.60. The summed E-state index contributed by atoms with van der Waals surface area (Å²) in [6.45, 7) is 0. The molecule has 0 aliphatic heterocycles. The zero-order chi connectivity index (χ0) is 46.6. The number of fused-ring (bicyclic) bond motifs is 12. The van der Waals surface area contributed by atoms with Crippen LogP contribution in [0.25, 0.3) is 93.6 Å². The molecule has 0 atom stereocenters. The van der Waals surface area contributed by atoms with Crippen molar-refractivity contribution in [3.63, 3.8) is 0 Å². The molecule has 0 saturated carbocycles. The average Bonchev–Trinajstić information content (AvgIpc) is 4.18. The molecule has 0 bridgehead atoms. The molecule has 3 aromatic heterocycles. The molecule has 3 heterocycles. The van der Waals surface area contributed by atoms with E-state index in [1.165, 1.54) is 33.4 Å². The van der Waals surface area contributed by atoms with E-state index in [1.54, 1.807) is 0 Å². The van der Waals surface area contributed by atoms with Gasteiger partial charge in [-0.3, -0.25) is 0 Å². The van der Waals surface area contributed by atoms with Gasteiger partial charge in [0, 0.05) is 66.6 Å². The second kappa shape index (κ2) is 15.3. The molecular formula is C67H42N2O2. The van der Waals surface area contributed by atoms with Crippen molar-refractivity contribution < 1.29 is 8.83 Å². The Balaban J connectivity index is 1.06. The van der Waals surface area contributed by atoms with E-state index in [0.29, 0.717) is 0 Å². The maximum atomic E-state index is 6.83. The minimum atomic E-state index is -0.547. The summed E-state index contributed by atoms with van der Waals surface area (Å²) in [5, 5.41) is 6.63. The van der Waals surface area contributed by atoms with Crippen molar-refractivity contribution in [3.8, 4) is 27.9 Å². The van der Waals surface area contributed by atoms with Crippen LogP contribution in [0.5, 0.6) is 0 Å². The highest BCUT2D eigenvalue weighted by atomic mass is 16.3. The van der Waals surface area contributed by atoms with Gasteiger partial charge in [0.05, 0.1) is 22.1 Å². The minimum Gasteiger partial charge on any atom is -0.456 e.